The smallest absolute Gasteiger partial charge is 0.179 e. The molecule has 3 rings (SSSR count). The molecule has 1 aromatic heterocycles. The number of aryl methyl sites for hydroxylation is 1. The van der Waals surface area contributed by atoms with E-state index in [2.05, 4.69) is 5.16 Å². The highest BCUT2D eigenvalue weighted by Gasteiger charge is 2.17. The van der Waals surface area contributed by atoms with Gasteiger partial charge in [0.2, 0.25) is 0 Å². The van der Waals surface area contributed by atoms with Crippen molar-refractivity contribution in [2.75, 3.05) is 19.8 Å². The third kappa shape index (κ3) is 3.14. The summed E-state index contributed by atoms with van der Waals surface area (Å²) in [5.74, 6) is 1.96. The lowest BCUT2D eigenvalue weighted by molar-refractivity contribution is 0.280. The van der Waals surface area contributed by atoms with Crippen LogP contribution in [0.25, 0.3) is 11.3 Å². The summed E-state index contributed by atoms with van der Waals surface area (Å²) in [6, 6.07) is 5.51. The van der Waals surface area contributed by atoms with Gasteiger partial charge in [-0.15, -0.1) is 0 Å². The molecule has 0 spiro atoms. The topological polar surface area (TPSA) is 64.7 Å². The summed E-state index contributed by atoms with van der Waals surface area (Å²) in [5, 5.41) is 13.4. The van der Waals surface area contributed by atoms with Crippen LogP contribution in [0.3, 0.4) is 0 Å². The Morgan fingerprint density at radius 3 is 2.90 bits per heavy atom. The monoisotopic (exact) mass is 309 g/mol. The van der Waals surface area contributed by atoms with Crippen molar-refractivity contribution >= 4 is 11.6 Å². The van der Waals surface area contributed by atoms with Crippen LogP contribution in [-0.2, 0) is 6.42 Å². The predicted molar refractivity (Wildman–Crippen MR) is 78.0 cm³/mol. The standard InChI is InChI=1S/C15H16ClNO4/c16-12-7-10(8-14-15(12)20-6-2-5-19-14)13-9-11(21-17-13)3-1-4-18/h7-9,18H,1-6H2. The van der Waals surface area contributed by atoms with Gasteiger partial charge in [0, 0.05) is 31.1 Å². The normalized spacial score (nSPS) is 14.0. The largest absolute Gasteiger partial charge is 0.489 e. The predicted octanol–water partition coefficient (Wildman–Crippen LogP) is 3.08. The van der Waals surface area contributed by atoms with Gasteiger partial charge in [0.15, 0.2) is 11.5 Å². The maximum Gasteiger partial charge on any atom is 0.179 e. The molecule has 0 atom stereocenters. The van der Waals surface area contributed by atoms with Crippen molar-refractivity contribution in [1.29, 1.82) is 0 Å². The molecule has 0 fully saturated rings. The maximum absolute atomic E-state index is 8.84. The van der Waals surface area contributed by atoms with Crippen molar-refractivity contribution in [3.63, 3.8) is 0 Å². The van der Waals surface area contributed by atoms with E-state index in [9.17, 15) is 0 Å². The van der Waals surface area contributed by atoms with Crippen LogP contribution >= 0.6 is 11.6 Å². The van der Waals surface area contributed by atoms with Crippen molar-refractivity contribution in [3.8, 4) is 22.8 Å². The zero-order valence-corrected chi connectivity index (χ0v) is 12.2. The molecular formula is C15H16ClNO4. The number of halogens is 1. The second-order valence-electron chi connectivity index (χ2n) is 4.84. The van der Waals surface area contributed by atoms with Crippen LogP contribution in [0.5, 0.6) is 11.5 Å². The molecule has 0 bridgehead atoms. The minimum atomic E-state index is 0.131. The zero-order valence-electron chi connectivity index (χ0n) is 11.5. The molecule has 0 radical (unpaired) electrons. The first-order valence-electron chi connectivity index (χ1n) is 6.94. The number of benzene rings is 1. The summed E-state index contributed by atoms with van der Waals surface area (Å²) in [6.45, 7) is 1.33. The Morgan fingerprint density at radius 2 is 2.05 bits per heavy atom. The second kappa shape index (κ2) is 6.37. The fourth-order valence-corrected chi connectivity index (χ4v) is 2.46. The highest BCUT2D eigenvalue weighted by atomic mass is 35.5. The van der Waals surface area contributed by atoms with Crippen molar-refractivity contribution in [2.45, 2.75) is 19.3 Å². The first-order chi connectivity index (χ1) is 10.3. The second-order valence-corrected chi connectivity index (χ2v) is 5.25. The molecule has 2 aromatic rings. The average molecular weight is 310 g/mol. The lowest BCUT2D eigenvalue weighted by Crippen LogP contribution is -1.97. The molecule has 0 amide bonds. The molecule has 0 unspecified atom stereocenters. The van der Waals surface area contributed by atoms with Crippen molar-refractivity contribution in [2.24, 2.45) is 0 Å². The van der Waals surface area contributed by atoms with E-state index in [-0.39, 0.29) is 6.61 Å². The van der Waals surface area contributed by atoms with Gasteiger partial charge in [-0.2, -0.15) is 0 Å². The molecule has 5 nitrogen and oxygen atoms in total. The molecule has 0 saturated heterocycles. The van der Waals surface area contributed by atoms with Crippen LogP contribution in [0.1, 0.15) is 18.6 Å². The minimum absolute atomic E-state index is 0.131. The van der Waals surface area contributed by atoms with E-state index < -0.39 is 0 Å². The minimum Gasteiger partial charge on any atom is -0.489 e. The summed E-state index contributed by atoms with van der Waals surface area (Å²) in [7, 11) is 0. The zero-order chi connectivity index (χ0) is 14.7. The Morgan fingerprint density at radius 1 is 1.19 bits per heavy atom. The van der Waals surface area contributed by atoms with Crippen molar-refractivity contribution < 1.29 is 19.1 Å². The van der Waals surface area contributed by atoms with E-state index in [0.717, 1.165) is 17.7 Å². The summed E-state index contributed by atoms with van der Waals surface area (Å²) < 4.78 is 16.5. The van der Waals surface area contributed by atoms with E-state index in [0.29, 0.717) is 48.3 Å². The fraction of sp³-hybridized carbons (Fsp3) is 0.400. The van der Waals surface area contributed by atoms with Gasteiger partial charge in [-0.05, 0) is 18.6 Å². The van der Waals surface area contributed by atoms with Gasteiger partial charge in [0.05, 0.1) is 18.2 Å². The van der Waals surface area contributed by atoms with E-state index in [1.807, 2.05) is 12.1 Å². The van der Waals surface area contributed by atoms with Crippen LogP contribution in [0.15, 0.2) is 22.7 Å². The molecule has 1 aliphatic rings. The van der Waals surface area contributed by atoms with Gasteiger partial charge in [-0.25, -0.2) is 0 Å². The van der Waals surface area contributed by atoms with Crippen LogP contribution in [0.2, 0.25) is 5.02 Å². The lowest BCUT2D eigenvalue weighted by Gasteiger charge is -2.10. The molecule has 1 aromatic carbocycles. The quantitative estimate of drug-likeness (QED) is 0.940. The highest BCUT2D eigenvalue weighted by molar-refractivity contribution is 6.32. The van der Waals surface area contributed by atoms with Crippen LogP contribution in [0, 0.1) is 0 Å². The maximum atomic E-state index is 8.84. The van der Waals surface area contributed by atoms with Gasteiger partial charge in [-0.3, -0.25) is 0 Å². The number of aliphatic hydroxyl groups excluding tert-OH is 1. The Labute approximate surface area is 127 Å². The Balaban J connectivity index is 1.90. The highest BCUT2D eigenvalue weighted by Crippen LogP contribution is 2.40. The van der Waals surface area contributed by atoms with Gasteiger partial charge >= 0.3 is 0 Å². The van der Waals surface area contributed by atoms with E-state index in [4.69, 9.17) is 30.7 Å². The number of ether oxygens (including phenoxy) is 2. The molecule has 1 N–H and O–H groups in total. The third-order valence-corrected chi connectivity index (χ3v) is 3.52. The van der Waals surface area contributed by atoms with Crippen LogP contribution in [-0.4, -0.2) is 30.1 Å². The van der Waals surface area contributed by atoms with Gasteiger partial charge in [-0.1, -0.05) is 16.8 Å². The summed E-state index contributed by atoms with van der Waals surface area (Å²) in [6.07, 6.45) is 2.13. The molecule has 0 aliphatic carbocycles. The van der Waals surface area contributed by atoms with Crippen LogP contribution in [0.4, 0.5) is 0 Å². The number of hydrogen-bond acceptors (Lipinski definition) is 5. The average Bonchev–Trinajstić information content (AvgIpc) is 2.82. The summed E-state index contributed by atoms with van der Waals surface area (Å²) in [5.41, 5.74) is 1.52. The Kier molecular flexibility index (Phi) is 4.31. The first-order valence-corrected chi connectivity index (χ1v) is 7.31. The van der Waals surface area contributed by atoms with Gasteiger partial charge in [0.1, 0.15) is 11.5 Å². The number of aromatic nitrogens is 1. The van der Waals surface area contributed by atoms with E-state index in [1.165, 1.54) is 0 Å². The number of rotatable bonds is 4. The molecule has 112 valence electrons. The summed E-state index contributed by atoms with van der Waals surface area (Å²) >= 11 is 6.26. The Hall–Kier alpha value is -1.72. The number of aliphatic hydroxyl groups is 1. The number of hydrogen-bond donors (Lipinski definition) is 1. The first kappa shape index (κ1) is 14.2. The molecule has 6 heteroatoms. The van der Waals surface area contributed by atoms with Gasteiger partial charge in [0.25, 0.3) is 0 Å². The fourth-order valence-electron chi connectivity index (χ4n) is 2.20. The summed E-state index contributed by atoms with van der Waals surface area (Å²) in [4.78, 5) is 0. The lowest BCUT2D eigenvalue weighted by atomic mass is 10.1. The SMILES string of the molecule is OCCCc1cc(-c2cc(Cl)c3c(c2)OCCCO3)no1. The van der Waals surface area contributed by atoms with Crippen LogP contribution < -0.4 is 9.47 Å². The number of fused-ring (bicyclic) bond motifs is 1. The van der Waals surface area contributed by atoms with Crippen molar-refractivity contribution in [3.05, 3.63) is 29.0 Å². The Bertz CT molecular complexity index is 626. The number of nitrogens with zero attached hydrogens (tertiary/aromatic N) is 1. The molecule has 0 saturated carbocycles. The van der Waals surface area contributed by atoms with Gasteiger partial charge < -0.3 is 19.1 Å². The third-order valence-electron chi connectivity index (χ3n) is 3.24. The molecule has 21 heavy (non-hydrogen) atoms. The van der Waals surface area contributed by atoms with E-state index in [1.54, 1.807) is 6.07 Å². The molecule has 2 heterocycles. The molecule has 1 aliphatic heterocycles. The van der Waals surface area contributed by atoms with E-state index >= 15 is 0 Å². The van der Waals surface area contributed by atoms with Crippen molar-refractivity contribution in [1.82, 2.24) is 5.16 Å². The molecular weight excluding hydrogens is 294 g/mol.